The zero-order valence-electron chi connectivity index (χ0n) is 9.77. The fourth-order valence-electron chi connectivity index (χ4n) is 2.13. The number of nitrogens with zero attached hydrogens (tertiary/aromatic N) is 2. The summed E-state index contributed by atoms with van der Waals surface area (Å²) in [5.74, 6) is 0.709. The zero-order valence-corrected chi connectivity index (χ0v) is 9.77. The van der Waals surface area contributed by atoms with Gasteiger partial charge in [0.15, 0.2) is 0 Å². The Morgan fingerprint density at radius 3 is 3.12 bits per heavy atom. The van der Waals surface area contributed by atoms with Crippen molar-refractivity contribution in [3.63, 3.8) is 0 Å². The van der Waals surface area contributed by atoms with E-state index in [1.807, 2.05) is 18.2 Å². The van der Waals surface area contributed by atoms with Crippen LogP contribution in [0.3, 0.4) is 0 Å². The monoisotopic (exact) mass is 230 g/mol. The Morgan fingerprint density at radius 2 is 2.41 bits per heavy atom. The van der Waals surface area contributed by atoms with Crippen LogP contribution in [-0.4, -0.2) is 24.5 Å². The van der Waals surface area contributed by atoms with Gasteiger partial charge >= 0.3 is 0 Å². The maximum Gasteiger partial charge on any atom is 0.237 e. The molecule has 1 heterocycles. The summed E-state index contributed by atoms with van der Waals surface area (Å²) in [6.45, 7) is 1.22. The van der Waals surface area contributed by atoms with Crippen LogP contribution in [0.5, 0.6) is 5.75 Å². The molecule has 1 aromatic carbocycles. The molecule has 1 aliphatic heterocycles. The van der Waals surface area contributed by atoms with E-state index < -0.39 is 0 Å². The maximum absolute atomic E-state index is 11.7. The van der Waals surface area contributed by atoms with Crippen LogP contribution in [0.15, 0.2) is 18.2 Å². The molecule has 0 saturated heterocycles. The fraction of sp³-hybridized carbons (Fsp3) is 0.385. The fourth-order valence-corrected chi connectivity index (χ4v) is 2.13. The van der Waals surface area contributed by atoms with Gasteiger partial charge in [-0.1, -0.05) is 12.1 Å². The Kier molecular flexibility index (Phi) is 3.29. The molecule has 0 saturated carbocycles. The minimum absolute atomic E-state index is 0.0511. The zero-order chi connectivity index (χ0) is 12.3. The average molecular weight is 230 g/mol. The van der Waals surface area contributed by atoms with Gasteiger partial charge in [0.25, 0.3) is 0 Å². The largest absolute Gasteiger partial charge is 0.496 e. The van der Waals surface area contributed by atoms with Gasteiger partial charge in [0, 0.05) is 18.7 Å². The van der Waals surface area contributed by atoms with Crippen molar-refractivity contribution in [2.75, 3.05) is 13.7 Å². The molecule has 1 amide bonds. The minimum Gasteiger partial charge on any atom is -0.496 e. The third kappa shape index (κ3) is 2.23. The van der Waals surface area contributed by atoms with Crippen molar-refractivity contribution >= 4 is 5.91 Å². The van der Waals surface area contributed by atoms with Crippen LogP contribution in [0.2, 0.25) is 0 Å². The molecule has 0 fully saturated rings. The second-order valence-electron chi connectivity index (χ2n) is 4.00. The van der Waals surface area contributed by atoms with Crippen LogP contribution in [0.4, 0.5) is 0 Å². The van der Waals surface area contributed by atoms with Crippen molar-refractivity contribution in [1.82, 2.24) is 4.90 Å². The summed E-state index contributed by atoms with van der Waals surface area (Å²) >= 11 is 0. The molecule has 1 aliphatic rings. The van der Waals surface area contributed by atoms with Crippen molar-refractivity contribution in [2.45, 2.75) is 19.4 Å². The van der Waals surface area contributed by atoms with Gasteiger partial charge in [0.1, 0.15) is 12.2 Å². The highest BCUT2D eigenvalue weighted by Gasteiger charge is 2.22. The predicted octanol–water partition coefficient (Wildman–Crippen LogP) is 1.49. The molecule has 0 unspecified atom stereocenters. The lowest BCUT2D eigenvalue weighted by atomic mass is 9.98. The number of hydrogen-bond acceptors (Lipinski definition) is 3. The van der Waals surface area contributed by atoms with Gasteiger partial charge in [-0.3, -0.25) is 4.79 Å². The highest BCUT2D eigenvalue weighted by atomic mass is 16.5. The average Bonchev–Trinajstić information content (AvgIpc) is 2.37. The first kappa shape index (κ1) is 11.5. The number of rotatable bonds is 2. The quantitative estimate of drug-likeness (QED) is 0.773. The number of nitriles is 1. The van der Waals surface area contributed by atoms with Crippen molar-refractivity contribution in [1.29, 1.82) is 5.26 Å². The highest BCUT2D eigenvalue weighted by Crippen LogP contribution is 2.28. The molecular formula is C13H14N2O2. The predicted molar refractivity (Wildman–Crippen MR) is 62.3 cm³/mol. The molecular weight excluding hydrogens is 216 g/mol. The second-order valence-corrected chi connectivity index (χ2v) is 4.00. The third-order valence-corrected chi connectivity index (χ3v) is 3.03. The Bertz CT molecular complexity index is 463. The molecule has 0 atom stereocenters. The lowest BCUT2D eigenvalue weighted by Crippen LogP contribution is -2.35. The lowest BCUT2D eigenvalue weighted by molar-refractivity contribution is -0.131. The first-order valence-electron chi connectivity index (χ1n) is 5.55. The van der Waals surface area contributed by atoms with E-state index in [0.717, 1.165) is 17.7 Å². The third-order valence-electron chi connectivity index (χ3n) is 3.03. The van der Waals surface area contributed by atoms with Gasteiger partial charge in [0.2, 0.25) is 5.91 Å². The molecule has 0 bridgehead atoms. The van der Waals surface area contributed by atoms with Gasteiger partial charge < -0.3 is 9.64 Å². The number of fused-ring (bicyclic) bond motifs is 1. The van der Waals surface area contributed by atoms with E-state index in [9.17, 15) is 4.79 Å². The van der Waals surface area contributed by atoms with Crippen LogP contribution in [0.25, 0.3) is 0 Å². The summed E-state index contributed by atoms with van der Waals surface area (Å²) in [7, 11) is 1.63. The van der Waals surface area contributed by atoms with Gasteiger partial charge in [-0.2, -0.15) is 5.26 Å². The van der Waals surface area contributed by atoms with Crippen LogP contribution in [-0.2, 0) is 17.8 Å². The van der Waals surface area contributed by atoms with E-state index in [0.29, 0.717) is 13.1 Å². The van der Waals surface area contributed by atoms with E-state index in [1.54, 1.807) is 12.0 Å². The first-order chi connectivity index (χ1) is 8.26. The SMILES string of the molecule is COc1cccc2c1CN(C(=O)CC#N)CC2. The molecule has 4 nitrogen and oxygen atoms in total. The van der Waals surface area contributed by atoms with Gasteiger partial charge in [-0.25, -0.2) is 0 Å². The number of carbonyl (C=O) groups excluding carboxylic acids is 1. The molecule has 4 heteroatoms. The normalized spacial score (nSPS) is 13.8. The van der Waals surface area contributed by atoms with Gasteiger partial charge in [0.05, 0.1) is 13.2 Å². The smallest absolute Gasteiger partial charge is 0.237 e. The van der Waals surface area contributed by atoms with Crippen molar-refractivity contribution < 1.29 is 9.53 Å². The number of amides is 1. The molecule has 17 heavy (non-hydrogen) atoms. The van der Waals surface area contributed by atoms with Crippen molar-refractivity contribution in [3.05, 3.63) is 29.3 Å². The molecule has 1 aromatic rings. The number of ether oxygens (including phenoxy) is 1. The Hall–Kier alpha value is -2.02. The van der Waals surface area contributed by atoms with Gasteiger partial charge in [-0.15, -0.1) is 0 Å². The summed E-state index contributed by atoms with van der Waals surface area (Å²) in [5.41, 5.74) is 2.29. The number of carbonyl (C=O) groups is 1. The number of benzene rings is 1. The van der Waals surface area contributed by atoms with Crippen LogP contribution in [0, 0.1) is 11.3 Å². The summed E-state index contributed by atoms with van der Waals surface area (Å²) in [5, 5.41) is 8.54. The number of hydrogen-bond donors (Lipinski definition) is 0. The standard InChI is InChI=1S/C13H14N2O2/c1-17-12-4-2-3-10-6-8-15(9-11(10)12)13(16)5-7-14/h2-4H,5-6,8-9H2,1H3. The topological polar surface area (TPSA) is 53.3 Å². The van der Waals surface area contributed by atoms with Crippen molar-refractivity contribution in [3.8, 4) is 11.8 Å². The molecule has 88 valence electrons. The molecule has 2 rings (SSSR count). The van der Waals surface area contributed by atoms with Crippen LogP contribution in [0.1, 0.15) is 17.5 Å². The summed E-state index contributed by atoms with van der Waals surface area (Å²) < 4.78 is 5.30. The van der Waals surface area contributed by atoms with E-state index in [4.69, 9.17) is 10.00 Å². The molecule has 0 radical (unpaired) electrons. The highest BCUT2D eigenvalue weighted by molar-refractivity contribution is 5.78. The summed E-state index contributed by atoms with van der Waals surface area (Å²) in [4.78, 5) is 13.4. The van der Waals surface area contributed by atoms with E-state index >= 15 is 0 Å². The summed E-state index contributed by atoms with van der Waals surface area (Å²) in [6, 6.07) is 7.82. The van der Waals surface area contributed by atoms with E-state index in [1.165, 1.54) is 5.56 Å². The molecule has 0 spiro atoms. The second kappa shape index (κ2) is 4.88. The maximum atomic E-state index is 11.7. The van der Waals surface area contributed by atoms with Gasteiger partial charge in [-0.05, 0) is 18.1 Å². The van der Waals surface area contributed by atoms with E-state index in [-0.39, 0.29) is 12.3 Å². The lowest BCUT2D eigenvalue weighted by Gasteiger charge is -2.29. The number of methoxy groups -OCH3 is 1. The molecule has 0 aliphatic carbocycles. The summed E-state index contributed by atoms with van der Waals surface area (Å²) in [6.07, 6.45) is 0.772. The Labute approximate surface area is 100 Å². The Balaban J connectivity index is 2.23. The van der Waals surface area contributed by atoms with E-state index in [2.05, 4.69) is 6.07 Å². The van der Waals surface area contributed by atoms with Crippen LogP contribution < -0.4 is 4.74 Å². The minimum atomic E-state index is -0.107. The Morgan fingerprint density at radius 1 is 1.59 bits per heavy atom. The van der Waals surface area contributed by atoms with Crippen molar-refractivity contribution in [2.24, 2.45) is 0 Å². The molecule has 0 aromatic heterocycles. The van der Waals surface area contributed by atoms with Crippen LogP contribution >= 0.6 is 0 Å². The first-order valence-corrected chi connectivity index (χ1v) is 5.55. The molecule has 0 N–H and O–H groups in total.